The minimum Gasteiger partial charge on any atom is -0.0988 e. The molecule has 0 aromatic heterocycles. The van der Waals surface area contributed by atoms with E-state index in [-0.39, 0.29) is 0 Å². The van der Waals surface area contributed by atoms with Crippen LogP contribution in [-0.2, 0) is 0 Å². The number of hydrogen-bond donors (Lipinski definition) is 0. The fourth-order valence-corrected chi connectivity index (χ4v) is 0.952. The first kappa shape index (κ1) is 9.96. The zero-order valence-corrected chi connectivity index (χ0v) is 7.43. The quantitative estimate of drug-likeness (QED) is 0.534. The molecule has 0 amide bonds. The van der Waals surface area contributed by atoms with Crippen LogP contribution in [0.25, 0.3) is 0 Å². The maximum Gasteiger partial charge on any atom is -0.0234 e. The number of allylic oxidation sites excluding steroid dienone is 6. The molecule has 0 fully saturated rings. The topological polar surface area (TPSA) is 0 Å². The van der Waals surface area contributed by atoms with Gasteiger partial charge >= 0.3 is 0 Å². The van der Waals surface area contributed by atoms with Crippen LogP contribution in [0.5, 0.6) is 0 Å². The molecule has 0 saturated carbocycles. The van der Waals surface area contributed by atoms with E-state index in [1.165, 1.54) is 11.1 Å². The predicted molar refractivity (Wildman–Crippen MR) is 52.5 cm³/mol. The summed E-state index contributed by atoms with van der Waals surface area (Å²) in [5.41, 5.74) is 2.42. The van der Waals surface area contributed by atoms with Gasteiger partial charge in [-0.15, -0.1) is 0 Å². The standard InChI is InChI=1S/C11H16/c1-5-9-11(8-4)10(6-2)7-3/h5-6,8-9H,2,4,7H2,1,3H3/b9-5-,11-10-. The number of hydrogen-bond acceptors (Lipinski definition) is 0. The first-order chi connectivity index (χ1) is 5.29. The van der Waals surface area contributed by atoms with Crippen LogP contribution < -0.4 is 0 Å². The Labute approximate surface area is 69.6 Å². The summed E-state index contributed by atoms with van der Waals surface area (Å²) in [6, 6.07) is 0. The molecule has 0 atom stereocenters. The molecule has 11 heavy (non-hydrogen) atoms. The first-order valence-electron chi connectivity index (χ1n) is 3.90. The summed E-state index contributed by atoms with van der Waals surface area (Å²) in [5, 5.41) is 0. The molecular formula is C11H16. The Morgan fingerprint density at radius 2 is 1.91 bits per heavy atom. The summed E-state index contributed by atoms with van der Waals surface area (Å²) in [6.45, 7) is 11.6. The van der Waals surface area contributed by atoms with Crippen LogP contribution in [-0.4, -0.2) is 0 Å². The van der Waals surface area contributed by atoms with Gasteiger partial charge < -0.3 is 0 Å². The smallest absolute Gasteiger partial charge is 0.0234 e. The maximum absolute atomic E-state index is 3.74. The van der Waals surface area contributed by atoms with E-state index in [0.29, 0.717) is 0 Å². The van der Waals surface area contributed by atoms with Gasteiger partial charge in [-0.2, -0.15) is 0 Å². The van der Waals surface area contributed by atoms with Crippen molar-refractivity contribution in [1.82, 2.24) is 0 Å². The van der Waals surface area contributed by atoms with Crippen molar-refractivity contribution in [3.05, 3.63) is 48.6 Å². The highest BCUT2D eigenvalue weighted by molar-refractivity contribution is 5.38. The third kappa shape index (κ3) is 3.03. The van der Waals surface area contributed by atoms with Gasteiger partial charge in [-0.3, -0.25) is 0 Å². The Morgan fingerprint density at radius 3 is 2.18 bits per heavy atom. The monoisotopic (exact) mass is 148 g/mol. The van der Waals surface area contributed by atoms with E-state index in [1.54, 1.807) is 0 Å². The van der Waals surface area contributed by atoms with E-state index >= 15 is 0 Å². The molecule has 0 rings (SSSR count). The van der Waals surface area contributed by atoms with Crippen LogP contribution in [0, 0.1) is 0 Å². The van der Waals surface area contributed by atoms with E-state index in [4.69, 9.17) is 0 Å². The molecule has 0 aliphatic rings. The second kappa shape index (κ2) is 5.72. The molecular weight excluding hydrogens is 132 g/mol. The third-order valence-electron chi connectivity index (χ3n) is 1.56. The van der Waals surface area contributed by atoms with Crippen LogP contribution in [0.4, 0.5) is 0 Å². The van der Waals surface area contributed by atoms with Crippen LogP contribution in [0.3, 0.4) is 0 Å². The molecule has 0 aliphatic heterocycles. The Balaban J connectivity index is 4.75. The summed E-state index contributed by atoms with van der Waals surface area (Å²) in [4.78, 5) is 0. The van der Waals surface area contributed by atoms with Crippen molar-refractivity contribution >= 4 is 0 Å². The summed E-state index contributed by atoms with van der Waals surface area (Å²) < 4.78 is 0. The van der Waals surface area contributed by atoms with E-state index in [0.717, 1.165) is 6.42 Å². The highest BCUT2D eigenvalue weighted by Crippen LogP contribution is 2.11. The number of rotatable bonds is 4. The molecule has 0 bridgehead atoms. The molecule has 60 valence electrons. The van der Waals surface area contributed by atoms with Gasteiger partial charge in [0.15, 0.2) is 0 Å². The zero-order valence-electron chi connectivity index (χ0n) is 7.43. The van der Waals surface area contributed by atoms with Gasteiger partial charge in [0.05, 0.1) is 0 Å². The van der Waals surface area contributed by atoms with Crippen LogP contribution in [0.15, 0.2) is 48.6 Å². The summed E-state index contributed by atoms with van der Waals surface area (Å²) >= 11 is 0. The molecule has 0 spiro atoms. The van der Waals surface area contributed by atoms with Crippen molar-refractivity contribution in [3.63, 3.8) is 0 Å². The van der Waals surface area contributed by atoms with Crippen molar-refractivity contribution in [2.75, 3.05) is 0 Å². The Bertz CT molecular complexity index is 192. The van der Waals surface area contributed by atoms with E-state index in [1.807, 2.05) is 31.2 Å². The van der Waals surface area contributed by atoms with E-state index < -0.39 is 0 Å². The molecule has 0 radical (unpaired) electrons. The van der Waals surface area contributed by atoms with Crippen LogP contribution >= 0.6 is 0 Å². The molecule has 0 unspecified atom stereocenters. The largest absolute Gasteiger partial charge is 0.0988 e. The fourth-order valence-electron chi connectivity index (χ4n) is 0.952. The van der Waals surface area contributed by atoms with Gasteiger partial charge in [0.2, 0.25) is 0 Å². The molecule has 0 aliphatic carbocycles. The average molecular weight is 148 g/mol. The van der Waals surface area contributed by atoms with Gasteiger partial charge in [-0.25, -0.2) is 0 Å². The minimum atomic E-state index is 1.01. The Kier molecular flexibility index (Phi) is 5.18. The van der Waals surface area contributed by atoms with Crippen molar-refractivity contribution in [1.29, 1.82) is 0 Å². The summed E-state index contributed by atoms with van der Waals surface area (Å²) in [7, 11) is 0. The molecule has 0 N–H and O–H groups in total. The van der Waals surface area contributed by atoms with E-state index in [2.05, 4.69) is 20.1 Å². The SMILES string of the molecule is C=CC(/C=C\C)=C(\C=C)CC. The van der Waals surface area contributed by atoms with Gasteiger partial charge in [0.25, 0.3) is 0 Å². The van der Waals surface area contributed by atoms with Crippen LogP contribution in [0.1, 0.15) is 20.3 Å². The van der Waals surface area contributed by atoms with E-state index in [9.17, 15) is 0 Å². The average Bonchev–Trinajstić information content (AvgIpc) is 2.05. The molecule has 0 nitrogen and oxygen atoms in total. The van der Waals surface area contributed by atoms with Crippen molar-refractivity contribution in [2.45, 2.75) is 20.3 Å². The second-order valence-electron chi connectivity index (χ2n) is 2.24. The lowest BCUT2D eigenvalue weighted by molar-refractivity contribution is 1.14. The highest BCUT2D eigenvalue weighted by Gasteiger charge is 1.92. The molecule has 0 saturated heterocycles. The van der Waals surface area contributed by atoms with Gasteiger partial charge in [-0.05, 0) is 24.5 Å². The van der Waals surface area contributed by atoms with Gasteiger partial charge in [0, 0.05) is 0 Å². The van der Waals surface area contributed by atoms with Crippen molar-refractivity contribution < 1.29 is 0 Å². The first-order valence-corrected chi connectivity index (χ1v) is 3.90. The predicted octanol–water partition coefficient (Wildman–Crippen LogP) is 3.64. The Hall–Kier alpha value is -1.04. The fraction of sp³-hybridized carbons (Fsp3) is 0.273. The van der Waals surface area contributed by atoms with Gasteiger partial charge in [0.1, 0.15) is 0 Å². The highest BCUT2D eigenvalue weighted by atomic mass is 14.0. The minimum absolute atomic E-state index is 1.01. The molecule has 0 aromatic rings. The van der Waals surface area contributed by atoms with Crippen LogP contribution in [0.2, 0.25) is 0 Å². The summed E-state index contributed by atoms with van der Waals surface area (Å²) in [5.74, 6) is 0. The van der Waals surface area contributed by atoms with Crippen molar-refractivity contribution in [2.24, 2.45) is 0 Å². The maximum atomic E-state index is 3.74. The lowest BCUT2D eigenvalue weighted by atomic mass is 10.1. The molecule has 0 heterocycles. The molecule has 0 heteroatoms. The molecule has 0 aromatic carbocycles. The van der Waals surface area contributed by atoms with Gasteiger partial charge in [-0.1, -0.05) is 44.4 Å². The second-order valence-corrected chi connectivity index (χ2v) is 2.24. The summed E-state index contributed by atoms with van der Waals surface area (Å²) in [6.07, 6.45) is 8.82. The normalized spacial score (nSPS) is 12.9. The Morgan fingerprint density at radius 1 is 1.27 bits per heavy atom. The lowest BCUT2D eigenvalue weighted by Gasteiger charge is -2.00. The zero-order chi connectivity index (χ0) is 8.69. The van der Waals surface area contributed by atoms with Crippen molar-refractivity contribution in [3.8, 4) is 0 Å². The third-order valence-corrected chi connectivity index (χ3v) is 1.56. The lowest BCUT2D eigenvalue weighted by Crippen LogP contribution is -1.80.